The fourth-order valence-electron chi connectivity index (χ4n) is 3.70. The summed E-state index contributed by atoms with van der Waals surface area (Å²) in [6, 6.07) is 20.6. The Balaban J connectivity index is 1.91. The maximum absolute atomic E-state index is 13.5. The van der Waals surface area contributed by atoms with Crippen LogP contribution in [0.15, 0.2) is 66.7 Å². The Morgan fingerprint density at radius 2 is 1.62 bits per heavy atom. The van der Waals surface area contributed by atoms with Gasteiger partial charge >= 0.3 is 0 Å². The van der Waals surface area contributed by atoms with Crippen molar-refractivity contribution in [1.82, 2.24) is 4.90 Å². The van der Waals surface area contributed by atoms with Crippen LogP contribution in [0.5, 0.6) is 17.2 Å². The first-order valence-electron chi connectivity index (χ1n) is 10.4. The average molecular weight is 435 g/mol. The summed E-state index contributed by atoms with van der Waals surface area (Å²) in [5.41, 5.74) is 3.53. The molecule has 3 aromatic carbocycles. The van der Waals surface area contributed by atoms with Crippen LogP contribution in [0.4, 0.5) is 5.69 Å². The van der Waals surface area contributed by atoms with Gasteiger partial charge in [0.1, 0.15) is 23.3 Å². The number of hydrogen-bond donors (Lipinski definition) is 1. The van der Waals surface area contributed by atoms with Gasteiger partial charge in [0.05, 0.1) is 27.0 Å². The summed E-state index contributed by atoms with van der Waals surface area (Å²) in [6.45, 7) is 2.48. The van der Waals surface area contributed by atoms with E-state index in [2.05, 4.69) is 5.32 Å². The lowest BCUT2D eigenvalue weighted by atomic mass is 10.0. The number of aryl methyl sites for hydroxylation is 1. The molecule has 0 heterocycles. The number of rotatable bonds is 9. The molecule has 6 heteroatoms. The van der Waals surface area contributed by atoms with Gasteiger partial charge in [-0.05, 0) is 43.3 Å². The highest BCUT2D eigenvalue weighted by Crippen LogP contribution is 2.31. The minimum atomic E-state index is -0.520. The number of benzene rings is 3. The summed E-state index contributed by atoms with van der Waals surface area (Å²) >= 11 is 0. The van der Waals surface area contributed by atoms with E-state index >= 15 is 0 Å². The zero-order chi connectivity index (χ0) is 23.1. The molecule has 3 aromatic rings. The SMILES string of the molecule is COc1ccc(CN(C)[C@@H](C(=O)Nc2cc(C)ccc2OC)c2ccccc2)c(OC)c1. The van der Waals surface area contributed by atoms with Crippen molar-refractivity contribution in [2.75, 3.05) is 33.7 Å². The zero-order valence-electron chi connectivity index (χ0n) is 19.2. The van der Waals surface area contributed by atoms with Crippen LogP contribution in [0.25, 0.3) is 0 Å². The minimum absolute atomic E-state index is 0.143. The van der Waals surface area contributed by atoms with E-state index in [4.69, 9.17) is 14.2 Å². The Bertz CT molecular complexity index is 1050. The van der Waals surface area contributed by atoms with Crippen molar-refractivity contribution in [3.8, 4) is 17.2 Å². The molecule has 32 heavy (non-hydrogen) atoms. The first-order chi connectivity index (χ1) is 15.5. The van der Waals surface area contributed by atoms with Gasteiger partial charge in [-0.3, -0.25) is 9.69 Å². The Kier molecular flexibility index (Phi) is 7.73. The van der Waals surface area contributed by atoms with E-state index in [0.717, 1.165) is 22.4 Å². The second kappa shape index (κ2) is 10.7. The number of hydrogen-bond acceptors (Lipinski definition) is 5. The molecule has 1 amide bonds. The molecular weight excluding hydrogens is 404 g/mol. The number of carbonyl (C=O) groups excluding carboxylic acids is 1. The summed E-state index contributed by atoms with van der Waals surface area (Å²) in [6.07, 6.45) is 0. The van der Waals surface area contributed by atoms with E-state index in [-0.39, 0.29) is 5.91 Å². The van der Waals surface area contributed by atoms with Crippen molar-refractivity contribution >= 4 is 11.6 Å². The van der Waals surface area contributed by atoms with E-state index in [1.54, 1.807) is 21.3 Å². The molecule has 0 saturated carbocycles. The number of nitrogens with zero attached hydrogens (tertiary/aromatic N) is 1. The second-order valence-electron chi connectivity index (χ2n) is 7.60. The molecule has 0 aromatic heterocycles. The molecule has 0 unspecified atom stereocenters. The Labute approximate surface area is 189 Å². The van der Waals surface area contributed by atoms with Crippen molar-refractivity contribution in [3.63, 3.8) is 0 Å². The first-order valence-corrected chi connectivity index (χ1v) is 10.4. The van der Waals surface area contributed by atoms with Gasteiger partial charge in [0, 0.05) is 18.2 Å². The number of likely N-dealkylation sites (N-methyl/N-ethyl adjacent to an activating group) is 1. The molecule has 0 radical (unpaired) electrons. The fraction of sp³-hybridized carbons (Fsp3) is 0.269. The molecule has 0 aliphatic carbocycles. The smallest absolute Gasteiger partial charge is 0.246 e. The largest absolute Gasteiger partial charge is 0.497 e. The third kappa shape index (κ3) is 5.39. The topological polar surface area (TPSA) is 60.0 Å². The lowest BCUT2D eigenvalue weighted by molar-refractivity contribution is -0.121. The van der Waals surface area contributed by atoms with E-state index in [0.29, 0.717) is 23.7 Å². The van der Waals surface area contributed by atoms with Crippen molar-refractivity contribution in [3.05, 3.63) is 83.4 Å². The lowest BCUT2D eigenvalue weighted by Gasteiger charge is -2.28. The molecule has 1 N–H and O–H groups in total. The third-order valence-electron chi connectivity index (χ3n) is 5.33. The van der Waals surface area contributed by atoms with Crippen molar-refractivity contribution in [1.29, 1.82) is 0 Å². The molecular formula is C26H30N2O4. The van der Waals surface area contributed by atoms with Crippen LogP contribution >= 0.6 is 0 Å². The molecule has 0 aliphatic heterocycles. The Hall–Kier alpha value is -3.51. The van der Waals surface area contributed by atoms with Crippen molar-refractivity contribution in [2.45, 2.75) is 19.5 Å². The molecule has 6 nitrogen and oxygen atoms in total. The van der Waals surface area contributed by atoms with Gasteiger partial charge in [-0.2, -0.15) is 0 Å². The van der Waals surface area contributed by atoms with Gasteiger partial charge in [-0.15, -0.1) is 0 Å². The standard InChI is InChI=1S/C26H30N2O4/c1-18-11-14-23(31-4)22(15-18)27-26(29)25(19-9-7-6-8-10-19)28(2)17-20-12-13-21(30-3)16-24(20)32-5/h6-16,25H,17H2,1-5H3,(H,27,29)/t25-/m1/s1. The van der Waals surface area contributed by atoms with Gasteiger partial charge in [0.25, 0.3) is 0 Å². The average Bonchev–Trinajstić information content (AvgIpc) is 2.80. The second-order valence-corrected chi connectivity index (χ2v) is 7.60. The summed E-state index contributed by atoms with van der Waals surface area (Å²) in [7, 11) is 6.77. The van der Waals surface area contributed by atoms with Gasteiger partial charge in [-0.1, -0.05) is 42.5 Å². The number of methoxy groups -OCH3 is 3. The zero-order valence-corrected chi connectivity index (χ0v) is 19.2. The van der Waals surface area contributed by atoms with Crippen LogP contribution in [0.2, 0.25) is 0 Å². The van der Waals surface area contributed by atoms with Gasteiger partial charge in [0.2, 0.25) is 5.91 Å². The summed E-state index contributed by atoms with van der Waals surface area (Å²) in [5.74, 6) is 1.91. The quantitative estimate of drug-likeness (QED) is 0.523. The van der Waals surface area contributed by atoms with E-state index in [1.807, 2.05) is 85.6 Å². The molecule has 0 saturated heterocycles. The van der Waals surface area contributed by atoms with E-state index < -0.39 is 6.04 Å². The van der Waals surface area contributed by atoms with Gasteiger partial charge in [0.15, 0.2) is 0 Å². The number of nitrogens with one attached hydrogen (secondary N) is 1. The molecule has 1 atom stereocenters. The summed E-state index contributed by atoms with van der Waals surface area (Å²) < 4.78 is 16.3. The highest BCUT2D eigenvalue weighted by atomic mass is 16.5. The van der Waals surface area contributed by atoms with Crippen molar-refractivity contribution < 1.29 is 19.0 Å². The third-order valence-corrected chi connectivity index (χ3v) is 5.33. The van der Waals surface area contributed by atoms with E-state index in [9.17, 15) is 4.79 Å². The van der Waals surface area contributed by atoms with Crippen LogP contribution in [-0.2, 0) is 11.3 Å². The molecule has 0 fully saturated rings. The highest BCUT2D eigenvalue weighted by molar-refractivity contribution is 5.96. The molecule has 0 aliphatic rings. The maximum Gasteiger partial charge on any atom is 0.246 e. The summed E-state index contributed by atoms with van der Waals surface area (Å²) in [5, 5.41) is 3.06. The number of ether oxygens (including phenoxy) is 3. The van der Waals surface area contributed by atoms with Gasteiger partial charge in [-0.25, -0.2) is 0 Å². The molecule has 0 spiro atoms. The predicted molar refractivity (Wildman–Crippen MR) is 127 cm³/mol. The first kappa shape index (κ1) is 23.2. The molecule has 3 rings (SSSR count). The summed E-state index contributed by atoms with van der Waals surface area (Å²) in [4.78, 5) is 15.5. The van der Waals surface area contributed by atoms with Crippen LogP contribution < -0.4 is 19.5 Å². The van der Waals surface area contributed by atoms with Crippen molar-refractivity contribution in [2.24, 2.45) is 0 Å². The van der Waals surface area contributed by atoms with E-state index in [1.165, 1.54) is 0 Å². The fourth-order valence-corrected chi connectivity index (χ4v) is 3.70. The minimum Gasteiger partial charge on any atom is -0.497 e. The molecule has 0 bridgehead atoms. The predicted octanol–water partition coefficient (Wildman–Crippen LogP) is 4.83. The normalized spacial score (nSPS) is 11.7. The molecule has 168 valence electrons. The number of carbonyl (C=O) groups is 1. The van der Waals surface area contributed by atoms with Gasteiger partial charge < -0.3 is 19.5 Å². The number of amides is 1. The monoisotopic (exact) mass is 434 g/mol. The maximum atomic E-state index is 13.5. The van der Waals surface area contributed by atoms with Crippen LogP contribution in [0, 0.1) is 6.92 Å². The Morgan fingerprint density at radius 3 is 2.28 bits per heavy atom. The highest BCUT2D eigenvalue weighted by Gasteiger charge is 2.27. The van der Waals surface area contributed by atoms with Crippen LogP contribution in [0.3, 0.4) is 0 Å². The van der Waals surface area contributed by atoms with Crippen LogP contribution in [0.1, 0.15) is 22.7 Å². The lowest BCUT2D eigenvalue weighted by Crippen LogP contribution is -2.34. The van der Waals surface area contributed by atoms with Crippen LogP contribution in [-0.4, -0.2) is 39.2 Å². The Morgan fingerprint density at radius 1 is 0.906 bits per heavy atom. The number of anilines is 1.